The topological polar surface area (TPSA) is 69.0 Å². The summed E-state index contributed by atoms with van der Waals surface area (Å²) in [5, 5.41) is 8.34. The molecule has 2 heterocycles. The monoisotopic (exact) mass is 400 g/mol. The largest absolute Gasteiger partial charge is 0.484 e. The summed E-state index contributed by atoms with van der Waals surface area (Å²) >= 11 is 0. The highest BCUT2D eigenvalue weighted by molar-refractivity contribution is 5.94. The number of benzene rings is 2. The highest BCUT2D eigenvalue weighted by Crippen LogP contribution is 2.23. The summed E-state index contributed by atoms with van der Waals surface area (Å²) in [5.41, 5.74) is 4.32. The highest BCUT2D eigenvalue weighted by Gasteiger charge is 2.12. The molecule has 0 aliphatic heterocycles. The number of hydrogen-bond donors (Lipinski definition) is 1. The zero-order valence-electron chi connectivity index (χ0n) is 17.3. The molecular formula is C24H24N4O2. The number of rotatable bonds is 6. The van der Waals surface area contributed by atoms with Gasteiger partial charge in [-0.25, -0.2) is 9.67 Å². The van der Waals surface area contributed by atoms with Crippen molar-refractivity contribution in [1.82, 2.24) is 14.8 Å². The molecule has 0 unspecified atom stereocenters. The van der Waals surface area contributed by atoms with Crippen molar-refractivity contribution < 1.29 is 9.53 Å². The van der Waals surface area contributed by atoms with Gasteiger partial charge >= 0.3 is 0 Å². The fourth-order valence-electron chi connectivity index (χ4n) is 3.27. The average Bonchev–Trinajstić information content (AvgIpc) is 3.09. The van der Waals surface area contributed by atoms with E-state index in [0.717, 1.165) is 22.4 Å². The van der Waals surface area contributed by atoms with E-state index in [1.165, 1.54) is 5.56 Å². The number of aryl methyl sites for hydroxylation is 1. The van der Waals surface area contributed by atoms with Gasteiger partial charge in [0.25, 0.3) is 5.91 Å². The minimum absolute atomic E-state index is 0.0676. The van der Waals surface area contributed by atoms with E-state index in [-0.39, 0.29) is 12.5 Å². The molecule has 4 rings (SSSR count). The standard InChI is InChI=1S/C24H24N4O2/c1-16(2)18-8-7-11-21(12-18)30-15-23(29)26-19-13-22-17(3)27-28(24(22)25-14-19)20-9-5-4-6-10-20/h4-14,16H,15H2,1-3H3,(H,26,29). The molecule has 2 aromatic carbocycles. The van der Waals surface area contributed by atoms with Crippen molar-refractivity contribution >= 4 is 22.6 Å². The Bertz CT molecular complexity index is 1180. The number of carbonyl (C=O) groups is 1. The highest BCUT2D eigenvalue weighted by atomic mass is 16.5. The van der Waals surface area contributed by atoms with Crippen LogP contribution in [0.1, 0.15) is 31.0 Å². The molecule has 0 atom stereocenters. The molecular weight excluding hydrogens is 376 g/mol. The zero-order valence-corrected chi connectivity index (χ0v) is 17.3. The van der Waals surface area contributed by atoms with Crippen LogP contribution in [0.15, 0.2) is 66.9 Å². The lowest BCUT2D eigenvalue weighted by Gasteiger charge is -2.10. The number of ether oxygens (including phenoxy) is 1. The summed E-state index contributed by atoms with van der Waals surface area (Å²) in [6.45, 7) is 6.11. The van der Waals surface area contributed by atoms with Gasteiger partial charge in [-0.15, -0.1) is 0 Å². The predicted octanol–water partition coefficient (Wildman–Crippen LogP) is 4.87. The molecule has 0 saturated carbocycles. The Morgan fingerprint density at radius 2 is 1.90 bits per heavy atom. The van der Waals surface area contributed by atoms with E-state index < -0.39 is 0 Å². The van der Waals surface area contributed by atoms with Crippen LogP contribution in [0.3, 0.4) is 0 Å². The second-order valence-corrected chi connectivity index (χ2v) is 7.49. The maximum Gasteiger partial charge on any atom is 0.262 e. The van der Waals surface area contributed by atoms with Gasteiger partial charge in [0.2, 0.25) is 0 Å². The Morgan fingerprint density at radius 3 is 2.67 bits per heavy atom. The Morgan fingerprint density at radius 1 is 1.10 bits per heavy atom. The molecule has 0 saturated heterocycles. The first-order chi connectivity index (χ1) is 14.5. The number of para-hydroxylation sites is 1. The molecule has 0 bridgehead atoms. The molecule has 30 heavy (non-hydrogen) atoms. The van der Waals surface area contributed by atoms with Crippen molar-refractivity contribution in [1.29, 1.82) is 0 Å². The van der Waals surface area contributed by atoms with Gasteiger partial charge in [-0.3, -0.25) is 4.79 Å². The Kier molecular flexibility index (Phi) is 5.48. The van der Waals surface area contributed by atoms with Crippen molar-refractivity contribution in [2.75, 3.05) is 11.9 Å². The maximum atomic E-state index is 12.4. The molecule has 4 aromatic rings. The van der Waals surface area contributed by atoms with Crippen molar-refractivity contribution in [2.45, 2.75) is 26.7 Å². The van der Waals surface area contributed by atoms with Crippen LogP contribution in [0.2, 0.25) is 0 Å². The Hall–Kier alpha value is -3.67. The molecule has 0 aliphatic carbocycles. The lowest BCUT2D eigenvalue weighted by atomic mass is 10.0. The quantitative estimate of drug-likeness (QED) is 0.501. The summed E-state index contributed by atoms with van der Waals surface area (Å²) in [6, 6.07) is 19.5. The van der Waals surface area contributed by atoms with Gasteiger partial charge in [0.05, 0.1) is 23.3 Å². The zero-order chi connectivity index (χ0) is 21.1. The summed E-state index contributed by atoms with van der Waals surface area (Å²) in [4.78, 5) is 16.9. The van der Waals surface area contributed by atoms with Crippen molar-refractivity contribution in [3.05, 3.63) is 78.1 Å². The van der Waals surface area contributed by atoms with E-state index in [1.54, 1.807) is 10.9 Å². The molecule has 0 aliphatic rings. The molecule has 0 fully saturated rings. The molecule has 0 spiro atoms. The van der Waals surface area contributed by atoms with E-state index in [1.807, 2.05) is 61.5 Å². The van der Waals surface area contributed by atoms with Gasteiger partial charge in [-0.05, 0) is 48.7 Å². The van der Waals surface area contributed by atoms with Crippen LogP contribution in [0, 0.1) is 6.92 Å². The van der Waals surface area contributed by atoms with Crippen LogP contribution >= 0.6 is 0 Å². The molecule has 1 amide bonds. The number of amides is 1. The van der Waals surface area contributed by atoms with E-state index in [2.05, 4.69) is 35.3 Å². The predicted molar refractivity (Wildman–Crippen MR) is 118 cm³/mol. The number of anilines is 1. The van der Waals surface area contributed by atoms with E-state index in [9.17, 15) is 4.79 Å². The van der Waals surface area contributed by atoms with Crippen LogP contribution in [-0.2, 0) is 4.79 Å². The van der Waals surface area contributed by atoms with Crippen LogP contribution < -0.4 is 10.1 Å². The first-order valence-corrected chi connectivity index (χ1v) is 9.94. The van der Waals surface area contributed by atoms with Crippen LogP contribution in [0.4, 0.5) is 5.69 Å². The first kappa shape index (κ1) is 19.6. The number of nitrogens with one attached hydrogen (secondary N) is 1. The number of pyridine rings is 1. The number of hydrogen-bond acceptors (Lipinski definition) is 4. The maximum absolute atomic E-state index is 12.4. The number of carbonyl (C=O) groups excluding carboxylic acids is 1. The van der Waals surface area contributed by atoms with Gasteiger partial charge in [0.15, 0.2) is 12.3 Å². The summed E-state index contributed by atoms with van der Waals surface area (Å²) < 4.78 is 7.46. The minimum atomic E-state index is -0.237. The Labute approximate surface area is 175 Å². The third-order valence-electron chi connectivity index (χ3n) is 4.89. The third kappa shape index (κ3) is 4.17. The lowest BCUT2D eigenvalue weighted by Crippen LogP contribution is -2.20. The van der Waals surface area contributed by atoms with Crippen molar-refractivity contribution in [2.24, 2.45) is 0 Å². The molecule has 6 nitrogen and oxygen atoms in total. The Balaban J connectivity index is 1.47. The molecule has 6 heteroatoms. The van der Waals surface area contributed by atoms with E-state index in [0.29, 0.717) is 17.4 Å². The van der Waals surface area contributed by atoms with Gasteiger partial charge in [-0.1, -0.05) is 44.2 Å². The van der Waals surface area contributed by atoms with Crippen LogP contribution in [-0.4, -0.2) is 27.3 Å². The van der Waals surface area contributed by atoms with Gasteiger partial charge in [-0.2, -0.15) is 5.10 Å². The minimum Gasteiger partial charge on any atom is -0.484 e. The second kappa shape index (κ2) is 8.37. The molecule has 2 aromatic heterocycles. The van der Waals surface area contributed by atoms with Gasteiger partial charge < -0.3 is 10.1 Å². The number of fused-ring (bicyclic) bond motifs is 1. The summed E-state index contributed by atoms with van der Waals surface area (Å²) in [5.74, 6) is 0.851. The lowest BCUT2D eigenvalue weighted by molar-refractivity contribution is -0.118. The molecule has 1 N–H and O–H groups in total. The van der Waals surface area contributed by atoms with Gasteiger partial charge in [0.1, 0.15) is 5.75 Å². The smallest absolute Gasteiger partial charge is 0.262 e. The van der Waals surface area contributed by atoms with E-state index in [4.69, 9.17) is 4.74 Å². The van der Waals surface area contributed by atoms with Crippen molar-refractivity contribution in [3.8, 4) is 11.4 Å². The number of aromatic nitrogens is 3. The normalized spacial score (nSPS) is 11.1. The average molecular weight is 400 g/mol. The first-order valence-electron chi connectivity index (χ1n) is 9.94. The SMILES string of the molecule is Cc1nn(-c2ccccc2)c2ncc(NC(=O)COc3cccc(C(C)C)c3)cc12. The van der Waals surface area contributed by atoms with Gasteiger partial charge in [0, 0.05) is 5.39 Å². The summed E-state index contributed by atoms with van der Waals surface area (Å²) in [7, 11) is 0. The van der Waals surface area contributed by atoms with Crippen molar-refractivity contribution in [3.63, 3.8) is 0 Å². The van der Waals surface area contributed by atoms with Crippen LogP contribution in [0.5, 0.6) is 5.75 Å². The molecule has 152 valence electrons. The summed E-state index contributed by atoms with van der Waals surface area (Å²) in [6.07, 6.45) is 1.64. The number of nitrogens with zero attached hydrogens (tertiary/aromatic N) is 3. The van der Waals surface area contributed by atoms with E-state index >= 15 is 0 Å². The molecule has 0 radical (unpaired) electrons. The third-order valence-corrected chi connectivity index (χ3v) is 4.89. The van der Waals surface area contributed by atoms with Crippen LogP contribution in [0.25, 0.3) is 16.7 Å². The second-order valence-electron chi connectivity index (χ2n) is 7.49. The fourth-order valence-corrected chi connectivity index (χ4v) is 3.27. The fraction of sp³-hybridized carbons (Fsp3) is 0.208.